The van der Waals surface area contributed by atoms with Crippen molar-refractivity contribution in [2.45, 2.75) is 26.8 Å². The number of thiophene rings is 1. The van der Waals surface area contributed by atoms with Gasteiger partial charge in [0.15, 0.2) is 17.1 Å². The maximum Gasteiger partial charge on any atom is 0.256 e. The number of hydrogen-bond donors (Lipinski definition) is 1. The largest absolute Gasteiger partial charge is 0.454 e. The SMILES string of the molecule is Cc1ccc(-c2cc(C(=O)Nc3ccc4c(c3)OCO4)c3cnn(C(C)C)c3n2)s1. The first-order valence-corrected chi connectivity index (χ1v) is 10.5. The van der Waals surface area contributed by atoms with Crippen LogP contribution in [0.15, 0.2) is 42.6 Å². The van der Waals surface area contributed by atoms with Crippen LogP contribution in [-0.2, 0) is 0 Å². The molecule has 0 spiro atoms. The normalized spacial score (nSPS) is 12.7. The summed E-state index contributed by atoms with van der Waals surface area (Å²) in [6, 6.07) is 11.4. The second-order valence-electron chi connectivity index (χ2n) is 7.41. The number of fused-ring (bicyclic) bond motifs is 2. The predicted molar refractivity (Wildman–Crippen MR) is 116 cm³/mol. The van der Waals surface area contributed by atoms with Gasteiger partial charge >= 0.3 is 0 Å². The van der Waals surface area contributed by atoms with Crippen LogP contribution in [0.5, 0.6) is 11.5 Å². The summed E-state index contributed by atoms with van der Waals surface area (Å²) in [6.07, 6.45) is 1.71. The van der Waals surface area contributed by atoms with E-state index in [9.17, 15) is 4.79 Å². The maximum absolute atomic E-state index is 13.3. The van der Waals surface area contributed by atoms with Gasteiger partial charge in [0.25, 0.3) is 5.91 Å². The van der Waals surface area contributed by atoms with Crippen LogP contribution in [0.2, 0.25) is 0 Å². The van der Waals surface area contributed by atoms with E-state index in [0.717, 1.165) is 16.0 Å². The van der Waals surface area contributed by atoms with Crippen molar-refractivity contribution in [3.05, 3.63) is 53.0 Å². The number of benzene rings is 1. The van der Waals surface area contributed by atoms with Crippen molar-refractivity contribution in [3.8, 4) is 22.1 Å². The van der Waals surface area contributed by atoms with Crippen LogP contribution in [0, 0.1) is 6.92 Å². The monoisotopic (exact) mass is 420 g/mol. The van der Waals surface area contributed by atoms with Crippen LogP contribution in [0.4, 0.5) is 5.69 Å². The minimum atomic E-state index is -0.223. The number of amides is 1. The number of carbonyl (C=O) groups is 1. The zero-order valence-corrected chi connectivity index (χ0v) is 17.6. The van der Waals surface area contributed by atoms with Crippen molar-refractivity contribution >= 4 is 34.0 Å². The Hall–Kier alpha value is -3.39. The standard InChI is InChI=1S/C22H20N4O3S/c1-12(2)26-21-16(10-23-26)15(9-17(25-21)20-7-4-13(3)30-20)22(27)24-14-5-6-18-19(8-14)29-11-28-18/h4-10,12H,11H2,1-3H3,(H,24,27). The number of nitrogens with one attached hydrogen (secondary N) is 1. The van der Waals surface area contributed by atoms with Gasteiger partial charge in [-0.15, -0.1) is 11.3 Å². The molecule has 1 aliphatic heterocycles. The molecular formula is C22H20N4O3S. The van der Waals surface area contributed by atoms with Gasteiger partial charge in [0.2, 0.25) is 6.79 Å². The van der Waals surface area contributed by atoms with Crippen molar-refractivity contribution in [2.75, 3.05) is 12.1 Å². The number of pyridine rings is 1. The second-order valence-corrected chi connectivity index (χ2v) is 8.70. The maximum atomic E-state index is 13.3. The lowest BCUT2D eigenvalue weighted by Crippen LogP contribution is -2.13. The lowest BCUT2D eigenvalue weighted by atomic mass is 10.1. The molecule has 1 amide bonds. The van der Waals surface area contributed by atoms with Gasteiger partial charge in [0.05, 0.1) is 27.7 Å². The first-order valence-electron chi connectivity index (χ1n) is 9.65. The number of carbonyl (C=O) groups excluding carboxylic acids is 1. The fourth-order valence-electron chi connectivity index (χ4n) is 3.45. The predicted octanol–water partition coefficient (Wildman–Crippen LogP) is 5.03. The molecule has 0 saturated carbocycles. The third kappa shape index (κ3) is 3.19. The number of rotatable bonds is 4. The Morgan fingerprint density at radius 1 is 1.17 bits per heavy atom. The summed E-state index contributed by atoms with van der Waals surface area (Å²) < 4.78 is 12.6. The Morgan fingerprint density at radius 3 is 2.77 bits per heavy atom. The van der Waals surface area contributed by atoms with Gasteiger partial charge in [-0.25, -0.2) is 9.67 Å². The molecule has 1 aromatic carbocycles. The molecule has 152 valence electrons. The Morgan fingerprint density at radius 2 is 2.00 bits per heavy atom. The summed E-state index contributed by atoms with van der Waals surface area (Å²) in [4.78, 5) is 20.3. The van der Waals surface area contributed by atoms with E-state index in [4.69, 9.17) is 14.5 Å². The second kappa shape index (κ2) is 7.14. The molecule has 0 saturated heterocycles. The van der Waals surface area contributed by atoms with Gasteiger partial charge in [-0.1, -0.05) is 0 Å². The summed E-state index contributed by atoms with van der Waals surface area (Å²) in [6.45, 7) is 6.33. The average molecular weight is 420 g/mol. The third-order valence-electron chi connectivity index (χ3n) is 4.92. The Labute approximate surface area is 177 Å². The van der Waals surface area contributed by atoms with Crippen LogP contribution in [0.25, 0.3) is 21.6 Å². The van der Waals surface area contributed by atoms with Crippen LogP contribution in [-0.4, -0.2) is 27.5 Å². The van der Waals surface area contributed by atoms with Gasteiger partial charge in [-0.2, -0.15) is 5.10 Å². The minimum Gasteiger partial charge on any atom is -0.454 e. The summed E-state index contributed by atoms with van der Waals surface area (Å²) >= 11 is 1.65. The highest BCUT2D eigenvalue weighted by Gasteiger charge is 2.20. The molecule has 1 aliphatic rings. The van der Waals surface area contributed by atoms with Gasteiger partial charge < -0.3 is 14.8 Å². The molecule has 4 aromatic rings. The Bertz CT molecular complexity index is 1270. The van der Waals surface area contributed by atoms with Gasteiger partial charge in [0, 0.05) is 22.7 Å². The van der Waals surface area contributed by atoms with Crippen molar-refractivity contribution in [1.82, 2.24) is 14.8 Å². The van der Waals surface area contributed by atoms with Crippen LogP contribution < -0.4 is 14.8 Å². The number of ether oxygens (including phenoxy) is 2. The highest BCUT2D eigenvalue weighted by Crippen LogP contribution is 2.35. The average Bonchev–Trinajstić information content (AvgIpc) is 3.45. The fourth-order valence-corrected chi connectivity index (χ4v) is 4.28. The highest BCUT2D eigenvalue weighted by molar-refractivity contribution is 7.15. The molecule has 3 aromatic heterocycles. The van der Waals surface area contributed by atoms with E-state index in [1.165, 1.54) is 4.88 Å². The number of aryl methyl sites for hydroxylation is 1. The minimum absolute atomic E-state index is 0.125. The molecule has 1 N–H and O–H groups in total. The van der Waals surface area contributed by atoms with E-state index in [-0.39, 0.29) is 18.7 Å². The zero-order chi connectivity index (χ0) is 20.8. The summed E-state index contributed by atoms with van der Waals surface area (Å²) in [7, 11) is 0. The molecule has 8 heteroatoms. The molecule has 4 heterocycles. The van der Waals surface area contributed by atoms with Crippen molar-refractivity contribution in [1.29, 1.82) is 0 Å². The lowest BCUT2D eigenvalue weighted by molar-refractivity contribution is 0.102. The van der Waals surface area contributed by atoms with E-state index < -0.39 is 0 Å². The number of aromatic nitrogens is 3. The smallest absolute Gasteiger partial charge is 0.256 e. The van der Waals surface area contributed by atoms with Crippen molar-refractivity contribution < 1.29 is 14.3 Å². The summed E-state index contributed by atoms with van der Waals surface area (Å²) in [5.74, 6) is 1.07. The van der Waals surface area contributed by atoms with Crippen LogP contribution >= 0.6 is 11.3 Å². The Kier molecular flexibility index (Phi) is 4.43. The molecule has 0 atom stereocenters. The molecule has 30 heavy (non-hydrogen) atoms. The summed E-state index contributed by atoms with van der Waals surface area (Å²) in [5, 5.41) is 8.16. The van der Waals surface area contributed by atoms with Crippen LogP contribution in [0.1, 0.15) is 35.1 Å². The molecule has 0 unspecified atom stereocenters. The van der Waals surface area contributed by atoms with Crippen molar-refractivity contribution in [2.24, 2.45) is 0 Å². The molecule has 0 radical (unpaired) electrons. The van der Waals surface area contributed by atoms with E-state index >= 15 is 0 Å². The van der Waals surface area contributed by atoms with Crippen molar-refractivity contribution in [3.63, 3.8) is 0 Å². The molecular weight excluding hydrogens is 400 g/mol. The molecule has 5 rings (SSSR count). The van der Waals surface area contributed by atoms with E-state index in [0.29, 0.717) is 28.4 Å². The fraction of sp³-hybridized carbons (Fsp3) is 0.227. The van der Waals surface area contributed by atoms with Crippen LogP contribution in [0.3, 0.4) is 0 Å². The number of anilines is 1. The van der Waals surface area contributed by atoms with E-state index in [1.54, 1.807) is 35.7 Å². The van der Waals surface area contributed by atoms with E-state index in [2.05, 4.69) is 23.4 Å². The quantitative estimate of drug-likeness (QED) is 0.501. The molecule has 0 fully saturated rings. The number of nitrogens with zero attached hydrogens (tertiary/aromatic N) is 3. The molecule has 0 bridgehead atoms. The topological polar surface area (TPSA) is 78.3 Å². The third-order valence-corrected chi connectivity index (χ3v) is 5.95. The Balaban J connectivity index is 1.59. The first-order chi connectivity index (χ1) is 14.5. The number of hydrogen-bond acceptors (Lipinski definition) is 6. The van der Waals surface area contributed by atoms with Gasteiger partial charge in [-0.05, 0) is 51.1 Å². The van der Waals surface area contributed by atoms with E-state index in [1.807, 2.05) is 30.7 Å². The zero-order valence-electron chi connectivity index (χ0n) is 16.8. The highest BCUT2D eigenvalue weighted by atomic mass is 32.1. The lowest BCUT2D eigenvalue weighted by Gasteiger charge is -2.11. The van der Waals surface area contributed by atoms with Gasteiger partial charge in [-0.3, -0.25) is 4.79 Å². The van der Waals surface area contributed by atoms with Gasteiger partial charge in [0.1, 0.15) is 0 Å². The summed E-state index contributed by atoms with van der Waals surface area (Å²) in [5.41, 5.74) is 2.63. The molecule has 7 nitrogen and oxygen atoms in total. The molecule has 0 aliphatic carbocycles. The first kappa shape index (κ1) is 18.6.